The molecule has 0 bridgehead atoms. The fourth-order valence-corrected chi connectivity index (χ4v) is 2.56. The Kier molecular flexibility index (Phi) is 6.86. The second-order valence-corrected chi connectivity index (χ2v) is 7.79. The summed E-state index contributed by atoms with van der Waals surface area (Å²) in [5.41, 5.74) is 2.02. The topological polar surface area (TPSA) is 23.6 Å². The van der Waals surface area contributed by atoms with E-state index in [4.69, 9.17) is 0 Å². The van der Waals surface area contributed by atoms with Gasteiger partial charge in [0.1, 0.15) is 0 Å². The predicted molar refractivity (Wildman–Crippen MR) is 99.0 cm³/mol. The van der Waals surface area contributed by atoms with Gasteiger partial charge in [-0.25, -0.2) is 0 Å². The van der Waals surface area contributed by atoms with Crippen molar-refractivity contribution in [1.82, 2.24) is 9.80 Å². The summed E-state index contributed by atoms with van der Waals surface area (Å²) in [5, 5.41) is 0. The number of carbonyl (C=O) groups excluding carboxylic acids is 1. The van der Waals surface area contributed by atoms with Gasteiger partial charge in [-0.2, -0.15) is 0 Å². The van der Waals surface area contributed by atoms with Crippen molar-refractivity contribution in [2.24, 2.45) is 11.3 Å². The van der Waals surface area contributed by atoms with E-state index in [0.29, 0.717) is 5.92 Å². The predicted octanol–water partition coefficient (Wildman–Crippen LogP) is 4.02. The SMILES string of the molecule is CN(C)/C=C/C=C1/CC(C(C)(C)C)C/C(=C\C=C\N(C)C)C1=O. The molecule has 3 nitrogen and oxygen atoms in total. The molecule has 1 aliphatic carbocycles. The Morgan fingerprint density at radius 2 is 1.26 bits per heavy atom. The minimum absolute atomic E-state index is 0.190. The number of ketones is 1. The first kappa shape index (κ1) is 19.3. The molecule has 1 fully saturated rings. The van der Waals surface area contributed by atoms with E-state index in [1.54, 1.807) is 0 Å². The molecule has 1 aliphatic rings. The first-order chi connectivity index (χ1) is 10.6. The lowest BCUT2D eigenvalue weighted by molar-refractivity contribution is -0.113. The van der Waals surface area contributed by atoms with Gasteiger partial charge < -0.3 is 9.80 Å². The highest BCUT2D eigenvalue weighted by atomic mass is 16.1. The van der Waals surface area contributed by atoms with Crippen LogP contribution in [0.15, 0.2) is 47.9 Å². The van der Waals surface area contributed by atoms with Crippen molar-refractivity contribution in [2.75, 3.05) is 28.2 Å². The molecule has 0 amide bonds. The third kappa shape index (κ3) is 6.47. The molecule has 1 rings (SSSR count). The summed E-state index contributed by atoms with van der Waals surface area (Å²) in [6.45, 7) is 6.77. The Bertz CT molecular complexity index is 488. The van der Waals surface area contributed by atoms with E-state index in [9.17, 15) is 4.79 Å². The van der Waals surface area contributed by atoms with Crippen LogP contribution in [-0.2, 0) is 4.79 Å². The van der Waals surface area contributed by atoms with Gasteiger partial charge in [-0.05, 0) is 48.7 Å². The zero-order chi connectivity index (χ0) is 17.6. The Labute approximate surface area is 142 Å². The molecule has 0 aliphatic heterocycles. The van der Waals surface area contributed by atoms with Crippen LogP contribution in [0.25, 0.3) is 0 Å². The maximum atomic E-state index is 12.7. The lowest BCUT2D eigenvalue weighted by Gasteiger charge is -2.35. The molecule has 1 unspecified atom stereocenters. The third-order valence-corrected chi connectivity index (χ3v) is 4.10. The largest absolute Gasteiger partial charge is 0.383 e. The smallest absolute Gasteiger partial charge is 0.185 e. The standard InChI is InChI=1S/C20H32N2O/c1-20(2,3)18-14-16(10-8-12-21(4)5)19(23)17(15-18)11-9-13-22(6)7/h8-13,18H,14-15H2,1-7H3/b12-8+,13-9+,16-10-,17-11+. The minimum Gasteiger partial charge on any atom is -0.383 e. The van der Waals surface area contributed by atoms with Crippen molar-refractivity contribution in [3.05, 3.63) is 47.9 Å². The number of carbonyl (C=O) groups is 1. The van der Waals surface area contributed by atoms with Crippen LogP contribution in [0, 0.1) is 11.3 Å². The zero-order valence-corrected chi connectivity index (χ0v) is 15.8. The molecule has 0 radical (unpaired) electrons. The van der Waals surface area contributed by atoms with Gasteiger partial charge in [-0.15, -0.1) is 0 Å². The van der Waals surface area contributed by atoms with Gasteiger partial charge in [0.05, 0.1) is 0 Å². The zero-order valence-electron chi connectivity index (χ0n) is 15.8. The molecule has 3 heteroatoms. The summed E-state index contributed by atoms with van der Waals surface area (Å²) in [4.78, 5) is 16.7. The van der Waals surface area contributed by atoms with Crippen molar-refractivity contribution in [2.45, 2.75) is 33.6 Å². The second-order valence-electron chi connectivity index (χ2n) is 7.79. The van der Waals surface area contributed by atoms with Crippen molar-refractivity contribution < 1.29 is 4.79 Å². The molecule has 23 heavy (non-hydrogen) atoms. The number of nitrogens with zero attached hydrogens (tertiary/aromatic N) is 2. The highest BCUT2D eigenvalue weighted by molar-refractivity contribution is 6.09. The molecule has 0 heterocycles. The summed E-state index contributed by atoms with van der Waals surface area (Å²) in [7, 11) is 7.92. The molecule has 0 saturated heterocycles. The third-order valence-electron chi connectivity index (χ3n) is 4.10. The van der Waals surface area contributed by atoms with E-state index in [1.165, 1.54) is 0 Å². The molecule has 0 spiro atoms. The van der Waals surface area contributed by atoms with Gasteiger partial charge in [0.25, 0.3) is 0 Å². The number of Topliss-reactive ketones (excluding diaryl/α,β-unsaturated/α-hetero) is 1. The van der Waals surface area contributed by atoms with E-state index in [0.717, 1.165) is 24.0 Å². The minimum atomic E-state index is 0.190. The van der Waals surface area contributed by atoms with Crippen molar-refractivity contribution in [3.63, 3.8) is 0 Å². The first-order valence-electron chi connectivity index (χ1n) is 8.23. The normalized spacial score (nSPS) is 23.4. The summed E-state index contributed by atoms with van der Waals surface area (Å²) in [6, 6.07) is 0. The van der Waals surface area contributed by atoms with Crippen molar-refractivity contribution >= 4 is 5.78 Å². The van der Waals surface area contributed by atoms with Crippen LogP contribution in [0.3, 0.4) is 0 Å². The van der Waals surface area contributed by atoms with Gasteiger partial charge in [-0.3, -0.25) is 4.79 Å². The van der Waals surface area contributed by atoms with Gasteiger partial charge in [0.2, 0.25) is 0 Å². The fourth-order valence-electron chi connectivity index (χ4n) is 2.56. The summed E-state index contributed by atoms with van der Waals surface area (Å²) >= 11 is 0. The number of hydrogen-bond acceptors (Lipinski definition) is 3. The van der Waals surface area contributed by atoms with Crippen LogP contribution >= 0.6 is 0 Å². The highest BCUT2D eigenvalue weighted by Gasteiger charge is 2.33. The fraction of sp³-hybridized carbons (Fsp3) is 0.550. The van der Waals surface area contributed by atoms with Crippen molar-refractivity contribution in [1.29, 1.82) is 0 Å². The monoisotopic (exact) mass is 316 g/mol. The Morgan fingerprint density at radius 1 is 0.870 bits per heavy atom. The maximum absolute atomic E-state index is 12.7. The Hall–Kier alpha value is -1.77. The van der Waals surface area contributed by atoms with E-state index < -0.39 is 0 Å². The van der Waals surface area contributed by atoms with Gasteiger partial charge >= 0.3 is 0 Å². The van der Waals surface area contributed by atoms with Crippen LogP contribution in [0.5, 0.6) is 0 Å². The van der Waals surface area contributed by atoms with Crippen LogP contribution in [0.4, 0.5) is 0 Å². The summed E-state index contributed by atoms with van der Waals surface area (Å²) in [6.07, 6.45) is 13.5. The van der Waals surface area contributed by atoms with Crippen molar-refractivity contribution in [3.8, 4) is 0 Å². The molecule has 0 N–H and O–H groups in total. The van der Waals surface area contributed by atoms with Crippen LogP contribution in [0.2, 0.25) is 0 Å². The number of allylic oxidation sites excluding steroid dienone is 6. The van der Waals surface area contributed by atoms with E-state index >= 15 is 0 Å². The van der Waals surface area contributed by atoms with E-state index in [2.05, 4.69) is 20.8 Å². The maximum Gasteiger partial charge on any atom is 0.185 e. The molecule has 1 saturated carbocycles. The molecular formula is C20H32N2O. The lowest BCUT2D eigenvalue weighted by atomic mass is 9.69. The van der Waals surface area contributed by atoms with E-state index in [-0.39, 0.29) is 11.2 Å². The molecule has 1 atom stereocenters. The van der Waals surface area contributed by atoms with Gasteiger partial charge in [-0.1, -0.05) is 32.9 Å². The molecular weight excluding hydrogens is 284 g/mol. The lowest BCUT2D eigenvalue weighted by Crippen LogP contribution is -2.29. The number of rotatable bonds is 4. The van der Waals surface area contributed by atoms with Crippen LogP contribution in [-0.4, -0.2) is 43.8 Å². The molecule has 0 aromatic carbocycles. The van der Waals surface area contributed by atoms with Gasteiger partial charge in [0.15, 0.2) is 5.78 Å². The summed E-state index contributed by atoms with van der Waals surface area (Å²) in [5.74, 6) is 0.676. The molecule has 0 aromatic rings. The Morgan fingerprint density at radius 3 is 1.57 bits per heavy atom. The quantitative estimate of drug-likeness (QED) is 0.732. The summed E-state index contributed by atoms with van der Waals surface area (Å²) < 4.78 is 0. The average molecular weight is 316 g/mol. The van der Waals surface area contributed by atoms with Crippen LogP contribution < -0.4 is 0 Å². The molecule has 128 valence electrons. The van der Waals surface area contributed by atoms with Crippen LogP contribution in [0.1, 0.15) is 33.6 Å². The first-order valence-corrected chi connectivity index (χ1v) is 8.23. The second kappa shape index (κ2) is 8.19. The average Bonchev–Trinajstić information content (AvgIpc) is 2.40. The van der Waals surface area contributed by atoms with E-state index in [1.807, 2.05) is 74.7 Å². The van der Waals surface area contributed by atoms with Gasteiger partial charge in [0, 0.05) is 39.3 Å². The highest BCUT2D eigenvalue weighted by Crippen LogP contribution is 2.40. The number of hydrogen-bond donors (Lipinski definition) is 0. The Balaban J connectivity index is 3.09. The molecule has 0 aromatic heterocycles.